The Bertz CT molecular complexity index is 739. The number of nitrogens with zero attached hydrogens (tertiary/aromatic N) is 4. The molecule has 0 saturated carbocycles. The van der Waals surface area contributed by atoms with Crippen LogP contribution in [0.5, 0.6) is 0 Å². The molecule has 0 fully saturated rings. The zero-order valence-electron chi connectivity index (χ0n) is 14.8. The fraction of sp³-hybridized carbons (Fsp3) is 0.421. The maximum absolute atomic E-state index is 12.7. The molecule has 2 heterocycles. The molecule has 1 atom stereocenters. The molecule has 0 radical (unpaired) electrons. The minimum absolute atomic E-state index is 0.0455. The van der Waals surface area contributed by atoms with E-state index in [2.05, 4.69) is 46.2 Å². The molecule has 24 heavy (non-hydrogen) atoms. The third kappa shape index (κ3) is 3.46. The van der Waals surface area contributed by atoms with Crippen molar-refractivity contribution in [3.05, 3.63) is 58.7 Å². The van der Waals surface area contributed by atoms with Crippen LogP contribution in [0.1, 0.15) is 33.1 Å². The van der Waals surface area contributed by atoms with Gasteiger partial charge in [-0.05, 0) is 44.5 Å². The van der Waals surface area contributed by atoms with E-state index in [1.807, 2.05) is 20.9 Å². The van der Waals surface area contributed by atoms with Crippen LogP contribution >= 0.6 is 0 Å². The summed E-state index contributed by atoms with van der Waals surface area (Å²) < 4.78 is 0. The Morgan fingerprint density at radius 3 is 2.67 bits per heavy atom. The van der Waals surface area contributed by atoms with E-state index >= 15 is 0 Å². The maximum atomic E-state index is 12.7. The van der Waals surface area contributed by atoms with Gasteiger partial charge in [-0.25, -0.2) is 9.97 Å². The summed E-state index contributed by atoms with van der Waals surface area (Å²) in [6.07, 6.45) is 0.964. The van der Waals surface area contributed by atoms with Crippen molar-refractivity contribution in [1.29, 1.82) is 0 Å². The number of rotatable bonds is 3. The first-order valence-corrected chi connectivity index (χ1v) is 8.29. The van der Waals surface area contributed by atoms with Gasteiger partial charge in [0.2, 0.25) is 0 Å². The highest BCUT2D eigenvalue weighted by Crippen LogP contribution is 2.22. The lowest BCUT2D eigenvalue weighted by molar-refractivity contribution is 0.0727. The van der Waals surface area contributed by atoms with E-state index in [0.29, 0.717) is 24.1 Å². The maximum Gasteiger partial charge on any atom is 0.272 e. The number of aryl methyl sites for hydroxylation is 2. The highest BCUT2D eigenvalue weighted by atomic mass is 16.2. The third-order valence-corrected chi connectivity index (χ3v) is 4.63. The number of amides is 1. The topological polar surface area (TPSA) is 49.3 Å². The van der Waals surface area contributed by atoms with Gasteiger partial charge in [0, 0.05) is 31.9 Å². The van der Waals surface area contributed by atoms with Crippen LogP contribution in [-0.2, 0) is 13.0 Å². The van der Waals surface area contributed by atoms with Crippen molar-refractivity contribution in [2.75, 3.05) is 20.6 Å². The molecular formula is C19H24N4O. The van der Waals surface area contributed by atoms with Crippen LogP contribution in [0, 0.1) is 13.8 Å². The lowest BCUT2D eigenvalue weighted by Gasteiger charge is -2.36. The van der Waals surface area contributed by atoms with Gasteiger partial charge >= 0.3 is 0 Å². The van der Waals surface area contributed by atoms with Crippen molar-refractivity contribution in [1.82, 2.24) is 19.8 Å². The fourth-order valence-corrected chi connectivity index (χ4v) is 3.34. The summed E-state index contributed by atoms with van der Waals surface area (Å²) in [7, 11) is 3.97. The molecule has 2 aromatic rings. The fourth-order valence-electron chi connectivity index (χ4n) is 3.34. The second kappa shape index (κ2) is 6.69. The Labute approximate surface area is 143 Å². The average Bonchev–Trinajstić information content (AvgIpc) is 2.53. The first kappa shape index (κ1) is 16.6. The molecule has 0 aliphatic carbocycles. The predicted octanol–water partition coefficient (Wildman–Crippen LogP) is 2.22. The van der Waals surface area contributed by atoms with Crippen molar-refractivity contribution >= 4 is 5.91 Å². The number of carbonyl (C=O) groups is 1. The quantitative estimate of drug-likeness (QED) is 0.869. The summed E-state index contributed by atoms with van der Waals surface area (Å²) >= 11 is 0. The summed E-state index contributed by atoms with van der Waals surface area (Å²) in [5.74, 6) is 0.589. The van der Waals surface area contributed by atoms with Crippen LogP contribution < -0.4 is 0 Å². The van der Waals surface area contributed by atoms with Crippen LogP contribution in [0.3, 0.4) is 0 Å². The smallest absolute Gasteiger partial charge is 0.272 e. The summed E-state index contributed by atoms with van der Waals surface area (Å²) in [6.45, 7) is 5.31. The van der Waals surface area contributed by atoms with Crippen LogP contribution in [0.2, 0.25) is 0 Å². The molecule has 3 rings (SSSR count). The van der Waals surface area contributed by atoms with Gasteiger partial charge in [-0.1, -0.05) is 24.3 Å². The minimum atomic E-state index is -0.0455. The Hall–Kier alpha value is -2.27. The second-order valence-electron chi connectivity index (χ2n) is 6.67. The lowest BCUT2D eigenvalue weighted by atomic mass is 9.94. The zero-order valence-corrected chi connectivity index (χ0v) is 14.8. The minimum Gasteiger partial charge on any atom is -0.339 e. The molecule has 1 unspecified atom stereocenters. The summed E-state index contributed by atoms with van der Waals surface area (Å²) in [5.41, 5.74) is 4.06. The molecule has 126 valence electrons. The van der Waals surface area contributed by atoms with Crippen LogP contribution in [0.15, 0.2) is 30.3 Å². The van der Waals surface area contributed by atoms with Gasteiger partial charge in [0.05, 0.1) is 0 Å². The van der Waals surface area contributed by atoms with Gasteiger partial charge in [-0.2, -0.15) is 0 Å². The standard InChI is InChI=1S/C19H24N4O/c1-13-9-18(21-14(2)20-13)19(24)23(4)12-17-10-15-7-5-6-8-16(15)11-22(17)3/h5-9,17H,10-12H2,1-4H3. The van der Waals surface area contributed by atoms with Crippen molar-refractivity contribution in [3.63, 3.8) is 0 Å². The molecule has 1 amide bonds. The Kier molecular flexibility index (Phi) is 4.62. The Morgan fingerprint density at radius 1 is 1.25 bits per heavy atom. The molecule has 1 aliphatic heterocycles. The van der Waals surface area contributed by atoms with Crippen LogP contribution in [0.25, 0.3) is 0 Å². The van der Waals surface area contributed by atoms with E-state index in [-0.39, 0.29) is 5.91 Å². The molecule has 1 aliphatic rings. The normalized spacial score (nSPS) is 17.4. The molecule has 0 bridgehead atoms. The summed E-state index contributed by atoms with van der Waals surface area (Å²) in [4.78, 5) is 25.3. The summed E-state index contributed by atoms with van der Waals surface area (Å²) in [5, 5.41) is 0. The first-order valence-electron chi connectivity index (χ1n) is 8.29. The molecular weight excluding hydrogens is 300 g/mol. The monoisotopic (exact) mass is 324 g/mol. The van der Waals surface area contributed by atoms with Crippen molar-refractivity contribution in [2.45, 2.75) is 32.9 Å². The first-order chi connectivity index (χ1) is 11.4. The van der Waals surface area contributed by atoms with E-state index in [0.717, 1.165) is 18.7 Å². The van der Waals surface area contributed by atoms with E-state index in [9.17, 15) is 4.79 Å². The van der Waals surface area contributed by atoms with Gasteiger partial charge in [0.1, 0.15) is 11.5 Å². The number of hydrogen-bond acceptors (Lipinski definition) is 4. The second-order valence-corrected chi connectivity index (χ2v) is 6.67. The number of fused-ring (bicyclic) bond motifs is 1. The molecule has 5 nitrogen and oxygen atoms in total. The molecule has 0 N–H and O–H groups in total. The van der Waals surface area contributed by atoms with E-state index in [4.69, 9.17) is 0 Å². The number of aromatic nitrogens is 2. The van der Waals surface area contributed by atoms with Gasteiger partial charge in [-0.3, -0.25) is 9.69 Å². The van der Waals surface area contributed by atoms with E-state index in [1.165, 1.54) is 11.1 Å². The number of benzene rings is 1. The van der Waals surface area contributed by atoms with Crippen molar-refractivity contribution in [3.8, 4) is 0 Å². The summed E-state index contributed by atoms with van der Waals surface area (Å²) in [6, 6.07) is 10.6. The third-order valence-electron chi connectivity index (χ3n) is 4.63. The zero-order chi connectivity index (χ0) is 17.3. The number of carbonyl (C=O) groups excluding carboxylic acids is 1. The lowest BCUT2D eigenvalue weighted by Crippen LogP contribution is -2.46. The molecule has 1 aromatic heterocycles. The Morgan fingerprint density at radius 2 is 1.96 bits per heavy atom. The number of likely N-dealkylation sites (N-methyl/N-ethyl adjacent to an activating group) is 2. The van der Waals surface area contributed by atoms with E-state index < -0.39 is 0 Å². The van der Waals surface area contributed by atoms with Gasteiger partial charge in [0.15, 0.2) is 0 Å². The highest BCUT2D eigenvalue weighted by molar-refractivity contribution is 5.92. The van der Waals surface area contributed by atoms with Crippen LogP contribution in [-0.4, -0.2) is 52.4 Å². The largest absolute Gasteiger partial charge is 0.339 e. The van der Waals surface area contributed by atoms with Crippen LogP contribution in [0.4, 0.5) is 0 Å². The molecule has 0 saturated heterocycles. The SMILES string of the molecule is Cc1cc(C(=O)N(C)CC2Cc3ccccc3CN2C)nc(C)n1. The van der Waals surface area contributed by atoms with Gasteiger partial charge in [0.25, 0.3) is 5.91 Å². The average molecular weight is 324 g/mol. The predicted molar refractivity (Wildman–Crippen MR) is 93.9 cm³/mol. The van der Waals surface area contributed by atoms with E-state index in [1.54, 1.807) is 11.0 Å². The number of hydrogen-bond donors (Lipinski definition) is 0. The van der Waals surface area contributed by atoms with Gasteiger partial charge in [-0.15, -0.1) is 0 Å². The Balaban J connectivity index is 1.72. The molecule has 5 heteroatoms. The molecule has 0 spiro atoms. The van der Waals surface area contributed by atoms with Crippen molar-refractivity contribution in [2.24, 2.45) is 0 Å². The van der Waals surface area contributed by atoms with Gasteiger partial charge < -0.3 is 4.90 Å². The molecule has 1 aromatic carbocycles. The van der Waals surface area contributed by atoms with Crippen molar-refractivity contribution < 1.29 is 4.79 Å². The highest BCUT2D eigenvalue weighted by Gasteiger charge is 2.26.